The van der Waals surface area contributed by atoms with Gasteiger partial charge in [-0.3, -0.25) is 4.68 Å². The number of hydrogen-bond acceptors (Lipinski definition) is 4. The summed E-state index contributed by atoms with van der Waals surface area (Å²) in [6.07, 6.45) is 3.38. The standard InChI is InChI=1S/C11H13N3O2S/c1-3-4-7-9(11(15)16)17-10(12-7)8-5-6-14(2)13-8/h5-6H,3-4H2,1-2H3,(H,15,16). The van der Waals surface area contributed by atoms with Gasteiger partial charge in [0.05, 0.1) is 5.69 Å². The Balaban J connectivity index is 2.43. The van der Waals surface area contributed by atoms with Crippen LogP contribution in [0, 0.1) is 0 Å². The van der Waals surface area contributed by atoms with Crippen molar-refractivity contribution in [2.75, 3.05) is 0 Å². The molecule has 0 atom stereocenters. The number of rotatable bonds is 4. The van der Waals surface area contributed by atoms with Crippen LogP contribution in [-0.2, 0) is 13.5 Å². The maximum absolute atomic E-state index is 11.1. The van der Waals surface area contributed by atoms with Crippen molar-refractivity contribution >= 4 is 17.3 Å². The van der Waals surface area contributed by atoms with Crippen molar-refractivity contribution in [3.8, 4) is 10.7 Å². The topological polar surface area (TPSA) is 68.0 Å². The lowest BCUT2D eigenvalue weighted by molar-refractivity contribution is 0.0700. The normalized spacial score (nSPS) is 10.7. The van der Waals surface area contributed by atoms with Gasteiger partial charge in [-0.1, -0.05) is 13.3 Å². The van der Waals surface area contributed by atoms with Crippen molar-refractivity contribution < 1.29 is 9.90 Å². The van der Waals surface area contributed by atoms with Crippen LogP contribution in [0.1, 0.15) is 28.7 Å². The van der Waals surface area contributed by atoms with Crippen LogP contribution in [0.3, 0.4) is 0 Å². The second kappa shape index (κ2) is 4.67. The third kappa shape index (κ3) is 2.36. The number of nitrogens with zero attached hydrogens (tertiary/aromatic N) is 3. The van der Waals surface area contributed by atoms with Gasteiger partial charge in [0.2, 0.25) is 0 Å². The number of hydrogen-bond donors (Lipinski definition) is 1. The van der Waals surface area contributed by atoms with E-state index in [1.807, 2.05) is 26.2 Å². The van der Waals surface area contributed by atoms with Crippen LogP contribution in [0.25, 0.3) is 10.7 Å². The summed E-state index contributed by atoms with van der Waals surface area (Å²) in [4.78, 5) is 15.8. The van der Waals surface area contributed by atoms with E-state index in [9.17, 15) is 4.79 Å². The van der Waals surface area contributed by atoms with E-state index < -0.39 is 5.97 Å². The van der Waals surface area contributed by atoms with E-state index >= 15 is 0 Å². The molecule has 0 aliphatic heterocycles. The van der Waals surface area contributed by atoms with Gasteiger partial charge in [0, 0.05) is 13.2 Å². The highest BCUT2D eigenvalue weighted by Gasteiger charge is 2.18. The highest BCUT2D eigenvalue weighted by Crippen LogP contribution is 2.27. The molecule has 0 bridgehead atoms. The van der Waals surface area contributed by atoms with Crippen LogP contribution in [0.4, 0.5) is 0 Å². The summed E-state index contributed by atoms with van der Waals surface area (Å²) < 4.78 is 1.68. The molecular weight excluding hydrogens is 238 g/mol. The molecule has 1 N–H and O–H groups in total. The lowest BCUT2D eigenvalue weighted by Crippen LogP contribution is -1.98. The van der Waals surface area contributed by atoms with E-state index in [0.29, 0.717) is 22.0 Å². The number of carboxylic acid groups (broad SMARTS) is 1. The number of aromatic nitrogens is 3. The quantitative estimate of drug-likeness (QED) is 0.904. The number of carbonyl (C=O) groups is 1. The van der Waals surface area contributed by atoms with E-state index in [4.69, 9.17) is 5.11 Å². The molecule has 0 saturated carbocycles. The molecule has 0 saturated heterocycles. The number of carboxylic acids is 1. The minimum Gasteiger partial charge on any atom is -0.477 e. The van der Waals surface area contributed by atoms with Gasteiger partial charge in [-0.25, -0.2) is 9.78 Å². The second-order valence-electron chi connectivity index (χ2n) is 3.72. The Kier molecular flexibility index (Phi) is 3.23. The summed E-state index contributed by atoms with van der Waals surface area (Å²) in [5.41, 5.74) is 1.38. The van der Waals surface area contributed by atoms with Crippen molar-refractivity contribution in [3.05, 3.63) is 22.8 Å². The fraction of sp³-hybridized carbons (Fsp3) is 0.364. The van der Waals surface area contributed by atoms with Crippen molar-refractivity contribution in [2.24, 2.45) is 7.05 Å². The molecular formula is C11H13N3O2S. The number of thiazole rings is 1. The molecule has 0 radical (unpaired) electrons. The predicted octanol–water partition coefficient (Wildman–Crippen LogP) is 2.19. The highest BCUT2D eigenvalue weighted by atomic mass is 32.1. The van der Waals surface area contributed by atoms with Crippen molar-refractivity contribution in [2.45, 2.75) is 19.8 Å². The lowest BCUT2D eigenvalue weighted by Gasteiger charge is -1.93. The molecule has 2 aromatic heterocycles. The maximum atomic E-state index is 11.1. The first-order valence-corrected chi connectivity index (χ1v) is 6.16. The van der Waals surface area contributed by atoms with Gasteiger partial charge >= 0.3 is 5.97 Å². The predicted molar refractivity (Wildman–Crippen MR) is 65.3 cm³/mol. The van der Waals surface area contributed by atoms with Gasteiger partial charge in [0.1, 0.15) is 15.6 Å². The second-order valence-corrected chi connectivity index (χ2v) is 4.72. The zero-order valence-electron chi connectivity index (χ0n) is 9.67. The SMILES string of the molecule is CCCc1nc(-c2ccn(C)n2)sc1C(=O)O. The van der Waals surface area contributed by atoms with Crippen LogP contribution in [0.15, 0.2) is 12.3 Å². The smallest absolute Gasteiger partial charge is 0.347 e. The van der Waals surface area contributed by atoms with Crippen molar-refractivity contribution in [1.29, 1.82) is 0 Å². The van der Waals surface area contributed by atoms with Crippen LogP contribution in [0.5, 0.6) is 0 Å². The molecule has 6 heteroatoms. The molecule has 0 amide bonds. The Bertz CT molecular complexity index is 545. The largest absolute Gasteiger partial charge is 0.477 e. The number of aromatic carboxylic acids is 1. The van der Waals surface area contributed by atoms with Crippen molar-refractivity contribution in [3.63, 3.8) is 0 Å². The van der Waals surface area contributed by atoms with Crippen LogP contribution >= 0.6 is 11.3 Å². The molecule has 0 aromatic carbocycles. The fourth-order valence-electron chi connectivity index (χ4n) is 1.56. The molecule has 0 unspecified atom stereocenters. The Morgan fingerprint density at radius 3 is 2.88 bits per heavy atom. The minimum absolute atomic E-state index is 0.326. The Hall–Kier alpha value is -1.69. The van der Waals surface area contributed by atoms with Gasteiger partial charge in [-0.15, -0.1) is 11.3 Å². The minimum atomic E-state index is -0.909. The maximum Gasteiger partial charge on any atom is 0.347 e. The molecule has 2 heterocycles. The molecule has 0 aliphatic carbocycles. The third-order valence-electron chi connectivity index (χ3n) is 2.31. The molecule has 0 fully saturated rings. The summed E-state index contributed by atoms with van der Waals surface area (Å²) in [5.74, 6) is -0.909. The summed E-state index contributed by atoms with van der Waals surface area (Å²) in [5, 5.41) is 14.0. The van der Waals surface area contributed by atoms with Crippen molar-refractivity contribution in [1.82, 2.24) is 14.8 Å². The Labute approximate surface area is 103 Å². The Morgan fingerprint density at radius 1 is 1.59 bits per heavy atom. The molecule has 17 heavy (non-hydrogen) atoms. The van der Waals surface area contributed by atoms with E-state index in [-0.39, 0.29) is 0 Å². The zero-order valence-corrected chi connectivity index (χ0v) is 10.5. The average molecular weight is 251 g/mol. The molecule has 5 nitrogen and oxygen atoms in total. The van der Waals surface area contributed by atoms with E-state index in [1.165, 1.54) is 11.3 Å². The van der Waals surface area contributed by atoms with Gasteiger partial charge in [-0.05, 0) is 12.5 Å². The molecule has 0 spiro atoms. The molecule has 2 rings (SSSR count). The first-order chi connectivity index (χ1) is 8.11. The lowest BCUT2D eigenvalue weighted by atomic mass is 10.2. The van der Waals surface area contributed by atoms with E-state index in [1.54, 1.807) is 4.68 Å². The monoisotopic (exact) mass is 251 g/mol. The van der Waals surface area contributed by atoms with Gasteiger partial charge in [0.15, 0.2) is 0 Å². The summed E-state index contributed by atoms with van der Waals surface area (Å²) in [7, 11) is 1.82. The summed E-state index contributed by atoms with van der Waals surface area (Å²) >= 11 is 1.19. The molecule has 2 aromatic rings. The number of aryl methyl sites for hydroxylation is 2. The summed E-state index contributed by atoms with van der Waals surface area (Å²) in [6, 6.07) is 1.83. The van der Waals surface area contributed by atoms with Crippen LogP contribution < -0.4 is 0 Å². The van der Waals surface area contributed by atoms with E-state index in [0.717, 1.165) is 12.1 Å². The van der Waals surface area contributed by atoms with Gasteiger partial charge in [0.25, 0.3) is 0 Å². The molecule has 90 valence electrons. The Morgan fingerprint density at radius 2 is 2.35 bits per heavy atom. The summed E-state index contributed by atoms with van der Waals surface area (Å²) in [6.45, 7) is 2.01. The average Bonchev–Trinajstić information content (AvgIpc) is 2.85. The van der Waals surface area contributed by atoms with Crippen LogP contribution in [0.2, 0.25) is 0 Å². The van der Waals surface area contributed by atoms with Crippen LogP contribution in [-0.4, -0.2) is 25.8 Å². The third-order valence-corrected chi connectivity index (χ3v) is 3.42. The fourth-order valence-corrected chi connectivity index (χ4v) is 2.48. The zero-order chi connectivity index (χ0) is 12.4. The van der Waals surface area contributed by atoms with Gasteiger partial charge < -0.3 is 5.11 Å². The first-order valence-electron chi connectivity index (χ1n) is 5.34. The first kappa shape index (κ1) is 11.8. The highest BCUT2D eigenvalue weighted by molar-refractivity contribution is 7.17. The molecule has 0 aliphatic rings. The van der Waals surface area contributed by atoms with Gasteiger partial charge in [-0.2, -0.15) is 5.10 Å². The van der Waals surface area contributed by atoms with E-state index in [2.05, 4.69) is 10.1 Å².